The fourth-order valence-electron chi connectivity index (χ4n) is 1.08. The Morgan fingerprint density at radius 2 is 1.59 bits per heavy atom. The number of amides is 1. The number of aldehydes is 1. The van der Waals surface area contributed by atoms with Crippen LogP contribution in [0.5, 0.6) is 0 Å². The zero-order valence-corrected chi connectivity index (χ0v) is 9.09. The molecule has 0 aliphatic heterocycles. The number of aliphatic carboxylic acids is 2. The molecule has 0 aromatic carbocycles. The second kappa shape index (κ2) is 8.22. The van der Waals surface area contributed by atoms with Gasteiger partial charge in [0, 0.05) is 13.0 Å². The van der Waals surface area contributed by atoms with Crippen LogP contribution in [0.15, 0.2) is 0 Å². The van der Waals surface area contributed by atoms with Crippen molar-refractivity contribution < 1.29 is 29.4 Å². The molecule has 0 fully saturated rings. The van der Waals surface area contributed by atoms with Gasteiger partial charge in [-0.2, -0.15) is 0 Å². The number of hydrogen-bond acceptors (Lipinski definition) is 5. The summed E-state index contributed by atoms with van der Waals surface area (Å²) in [5.74, 6) is -2.95. The van der Waals surface area contributed by atoms with Gasteiger partial charge in [-0.3, -0.25) is 19.3 Å². The van der Waals surface area contributed by atoms with Gasteiger partial charge >= 0.3 is 11.9 Å². The zero-order chi connectivity index (χ0) is 13.3. The Morgan fingerprint density at radius 1 is 1.06 bits per heavy atom. The zero-order valence-electron chi connectivity index (χ0n) is 9.09. The predicted molar refractivity (Wildman–Crippen MR) is 55.4 cm³/mol. The van der Waals surface area contributed by atoms with Gasteiger partial charge in [-0.1, -0.05) is 0 Å². The minimum Gasteiger partial charge on any atom is -0.480 e. The van der Waals surface area contributed by atoms with Crippen molar-refractivity contribution in [1.82, 2.24) is 10.2 Å². The van der Waals surface area contributed by atoms with Crippen molar-refractivity contribution in [3.63, 3.8) is 0 Å². The lowest BCUT2D eigenvalue weighted by molar-refractivity contribution is -0.142. The molecule has 0 rings (SSSR count). The summed E-state index contributed by atoms with van der Waals surface area (Å²) in [6.07, 6.45) is 0.788. The van der Waals surface area contributed by atoms with E-state index in [-0.39, 0.29) is 19.5 Å². The molecule has 17 heavy (non-hydrogen) atoms. The first kappa shape index (κ1) is 15.0. The molecule has 96 valence electrons. The summed E-state index contributed by atoms with van der Waals surface area (Å²) in [7, 11) is 0. The highest BCUT2D eigenvalue weighted by Crippen LogP contribution is 1.88. The molecular weight excluding hydrogens is 232 g/mol. The third-order valence-electron chi connectivity index (χ3n) is 1.67. The van der Waals surface area contributed by atoms with Crippen LogP contribution in [0.1, 0.15) is 6.42 Å². The second-order valence-corrected chi connectivity index (χ2v) is 3.24. The highest BCUT2D eigenvalue weighted by atomic mass is 16.4. The summed E-state index contributed by atoms with van der Waals surface area (Å²) in [6, 6.07) is 0. The van der Waals surface area contributed by atoms with Crippen LogP contribution in [0.3, 0.4) is 0 Å². The van der Waals surface area contributed by atoms with Crippen LogP contribution < -0.4 is 5.32 Å². The Hall–Kier alpha value is -1.96. The summed E-state index contributed by atoms with van der Waals surface area (Å²) < 4.78 is 0. The fraction of sp³-hybridized carbons (Fsp3) is 0.556. The monoisotopic (exact) mass is 246 g/mol. The van der Waals surface area contributed by atoms with Gasteiger partial charge in [-0.25, -0.2) is 0 Å². The Balaban J connectivity index is 4.12. The number of hydrogen-bond donors (Lipinski definition) is 3. The van der Waals surface area contributed by atoms with E-state index in [9.17, 15) is 19.2 Å². The minimum atomic E-state index is -1.22. The van der Waals surface area contributed by atoms with Crippen molar-refractivity contribution in [1.29, 1.82) is 0 Å². The van der Waals surface area contributed by atoms with Gasteiger partial charge < -0.3 is 20.3 Å². The van der Waals surface area contributed by atoms with Crippen LogP contribution in [0.4, 0.5) is 0 Å². The summed E-state index contributed by atoms with van der Waals surface area (Å²) in [4.78, 5) is 43.0. The molecule has 0 heterocycles. The van der Waals surface area contributed by atoms with Crippen LogP contribution in [0.25, 0.3) is 0 Å². The van der Waals surface area contributed by atoms with Crippen molar-refractivity contribution in [3.05, 3.63) is 0 Å². The van der Waals surface area contributed by atoms with E-state index in [1.54, 1.807) is 0 Å². The van der Waals surface area contributed by atoms with Gasteiger partial charge in [0.25, 0.3) is 0 Å². The molecule has 0 aliphatic rings. The fourth-order valence-corrected chi connectivity index (χ4v) is 1.08. The summed E-state index contributed by atoms with van der Waals surface area (Å²) >= 11 is 0. The first-order chi connectivity index (χ1) is 7.95. The first-order valence-corrected chi connectivity index (χ1v) is 4.82. The van der Waals surface area contributed by atoms with Crippen LogP contribution >= 0.6 is 0 Å². The van der Waals surface area contributed by atoms with E-state index in [1.807, 2.05) is 0 Å². The molecule has 0 radical (unpaired) electrons. The molecule has 1 amide bonds. The molecule has 0 spiro atoms. The Kier molecular flexibility index (Phi) is 7.27. The van der Waals surface area contributed by atoms with Crippen LogP contribution in [-0.4, -0.2) is 65.4 Å². The molecule has 0 bridgehead atoms. The molecule has 0 aromatic rings. The van der Waals surface area contributed by atoms with E-state index in [1.165, 1.54) is 0 Å². The van der Waals surface area contributed by atoms with Gasteiger partial charge in [0.05, 0.1) is 19.6 Å². The van der Waals surface area contributed by atoms with Crippen molar-refractivity contribution in [2.45, 2.75) is 6.42 Å². The van der Waals surface area contributed by atoms with Crippen molar-refractivity contribution in [3.8, 4) is 0 Å². The highest BCUT2D eigenvalue weighted by molar-refractivity contribution is 5.80. The molecule has 0 unspecified atom stereocenters. The SMILES string of the molecule is O=CCCNC(=O)CN(CC(=O)O)CC(=O)O. The topological polar surface area (TPSA) is 124 Å². The molecular formula is C9H14N2O6. The van der Waals surface area contributed by atoms with Gasteiger partial charge in [-0.15, -0.1) is 0 Å². The molecule has 0 aromatic heterocycles. The molecule has 8 nitrogen and oxygen atoms in total. The van der Waals surface area contributed by atoms with E-state index in [2.05, 4.69) is 5.32 Å². The third-order valence-corrected chi connectivity index (χ3v) is 1.67. The minimum absolute atomic E-state index is 0.149. The molecule has 8 heteroatoms. The summed E-state index contributed by atoms with van der Waals surface area (Å²) in [6.45, 7) is -1.26. The lowest BCUT2D eigenvalue weighted by atomic mass is 10.4. The summed E-state index contributed by atoms with van der Waals surface area (Å²) in [5.41, 5.74) is 0. The lowest BCUT2D eigenvalue weighted by Gasteiger charge is -2.16. The van der Waals surface area contributed by atoms with E-state index >= 15 is 0 Å². The largest absolute Gasteiger partial charge is 0.480 e. The van der Waals surface area contributed by atoms with E-state index in [0.717, 1.165) is 4.90 Å². The molecule has 0 saturated carbocycles. The smallest absolute Gasteiger partial charge is 0.317 e. The van der Waals surface area contributed by atoms with Gasteiger partial charge in [0.2, 0.25) is 5.91 Å². The van der Waals surface area contributed by atoms with Crippen LogP contribution in [0.2, 0.25) is 0 Å². The number of carboxylic acid groups (broad SMARTS) is 2. The maximum absolute atomic E-state index is 11.2. The van der Waals surface area contributed by atoms with Gasteiger partial charge in [-0.05, 0) is 0 Å². The number of rotatable bonds is 9. The molecule has 0 atom stereocenters. The van der Waals surface area contributed by atoms with Crippen molar-refractivity contribution in [2.75, 3.05) is 26.2 Å². The number of carbonyl (C=O) groups is 4. The van der Waals surface area contributed by atoms with E-state index < -0.39 is 30.9 Å². The maximum Gasteiger partial charge on any atom is 0.317 e. The summed E-state index contributed by atoms with van der Waals surface area (Å²) in [5, 5.41) is 19.4. The average Bonchev–Trinajstić information content (AvgIpc) is 2.15. The maximum atomic E-state index is 11.2. The lowest BCUT2D eigenvalue weighted by Crippen LogP contribution is -2.42. The Morgan fingerprint density at radius 3 is 2.00 bits per heavy atom. The second-order valence-electron chi connectivity index (χ2n) is 3.24. The molecule has 0 saturated heterocycles. The highest BCUT2D eigenvalue weighted by Gasteiger charge is 2.16. The third kappa shape index (κ3) is 9.00. The normalized spacial score (nSPS) is 9.94. The number of nitrogens with zero attached hydrogens (tertiary/aromatic N) is 1. The first-order valence-electron chi connectivity index (χ1n) is 4.82. The van der Waals surface area contributed by atoms with Crippen LogP contribution in [-0.2, 0) is 19.2 Å². The Bertz CT molecular complexity index is 288. The molecule has 3 N–H and O–H groups in total. The average molecular weight is 246 g/mol. The number of carbonyl (C=O) groups excluding carboxylic acids is 2. The predicted octanol–water partition coefficient (Wildman–Crippen LogP) is -1.84. The van der Waals surface area contributed by atoms with Crippen molar-refractivity contribution in [2.24, 2.45) is 0 Å². The molecule has 0 aliphatic carbocycles. The Labute approximate surface area is 97.2 Å². The van der Waals surface area contributed by atoms with Crippen LogP contribution in [0, 0.1) is 0 Å². The van der Waals surface area contributed by atoms with Gasteiger partial charge in [0.15, 0.2) is 0 Å². The van der Waals surface area contributed by atoms with Crippen molar-refractivity contribution >= 4 is 24.1 Å². The van der Waals surface area contributed by atoms with E-state index in [4.69, 9.17) is 10.2 Å². The standard InChI is InChI=1S/C9H14N2O6/c12-3-1-2-10-7(13)4-11(5-8(14)15)6-9(16)17/h3H,1-2,4-6H2,(H,10,13)(H,14,15)(H,16,17). The van der Waals surface area contributed by atoms with Gasteiger partial charge in [0.1, 0.15) is 6.29 Å². The number of carboxylic acids is 2. The number of nitrogens with one attached hydrogen (secondary N) is 1. The quantitative estimate of drug-likeness (QED) is 0.322. The van der Waals surface area contributed by atoms with E-state index in [0.29, 0.717) is 6.29 Å².